The standard InChI is InChI=1S/C11H17N5O3S/c1-8-11(10(7-17)14-13-8)20(18,19)16(3)6-9-4-12-15(2)5-9/h4-5,17H,6-7H2,1-3H3,(H,13,14). The molecule has 2 heterocycles. The molecule has 20 heavy (non-hydrogen) atoms. The van der Waals surface area contributed by atoms with E-state index < -0.39 is 16.6 Å². The van der Waals surface area contributed by atoms with Gasteiger partial charge in [-0.15, -0.1) is 0 Å². The van der Waals surface area contributed by atoms with Gasteiger partial charge in [0.2, 0.25) is 10.0 Å². The molecule has 0 saturated heterocycles. The minimum Gasteiger partial charge on any atom is -0.390 e. The fourth-order valence-electron chi connectivity index (χ4n) is 1.97. The van der Waals surface area contributed by atoms with E-state index in [0.29, 0.717) is 5.69 Å². The van der Waals surface area contributed by atoms with Gasteiger partial charge in [0, 0.05) is 32.4 Å². The van der Waals surface area contributed by atoms with Crippen molar-refractivity contribution in [2.75, 3.05) is 7.05 Å². The number of aryl methyl sites for hydroxylation is 2. The summed E-state index contributed by atoms with van der Waals surface area (Å²) in [5.74, 6) is 0. The summed E-state index contributed by atoms with van der Waals surface area (Å²) in [5.41, 5.74) is 1.32. The summed E-state index contributed by atoms with van der Waals surface area (Å²) >= 11 is 0. The van der Waals surface area contributed by atoms with Crippen LogP contribution in [0.5, 0.6) is 0 Å². The van der Waals surface area contributed by atoms with Gasteiger partial charge in [-0.05, 0) is 6.92 Å². The lowest BCUT2D eigenvalue weighted by Crippen LogP contribution is -2.27. The number of sulfonamides is 1. The lowest BCUT2D eigenvalue weighted by atomic mass is 10.4. The first-order valence-corrected chi connectivity index (χ1v) is 7.39. The fraction of sp³-hybridized carbons (Fsp3) is 0.455. The Kier molecular flexibility index (Phi) is 3.93. The van der Waals surface area contributed by atoms with Crippen LogP contribution in [0.1, 0.15) is 17.0 Å². The maximum absolute atomic E-state index is 12.5. The molecule has 2 aromatic heterocycles. The molecule has 0 atom stereocenters. The first kappa shape index (κ1) is 14.7. The minimum atomic E-state index is -3.72. The van der Waals surface area contributed by atoms with Crippen LogP contribution in [-0.2, 0) is 30.2 Å². The molecule has 0 bridgehead atoms. The SMILES string of the molecule is Cc1[nH]nc(CO)c1S(=O)(=O)N(C)Cc1cnn(C)c1. The summed E-state index contributed by atoms with van der Waals surface area (Å²) in [6, 6.07) is 0. The number of aliphatic hydroxyl groups excluding tert-OH is 1. The molecule has 0 fully saturated rings. The summed E-state index contributed by atoms with van der Waals surface area (Å²) in [5, 5.41) is 19.6. The highest BCUT2D eigenvalue weighted by atomic mass is 32.2. The zero-order valence-electron chi connectivity index (χ0n) is 11.5. The maximum Gasteiger partial charge on any atom is 0.246 e. The third-order valence-corrected chi connectivity index (χ3v) is 4.95. The highest BCUT2D eigenvalue weighted by Crippen LogP contribution is 2.22. The van der Waals surface area contributed by atoms with Crippen molar-refractivity contribution in [3.8, 4) is 0 Å². The summed E-state index contributed by atoms with van der Waals surface area (Å²) in [6.07, 6.45) is 3.36. The number of aromatic amines is 1. The van der Waals surface area contributed by atoms with Crippen molar-refractivity contribution in [1.29, 1.82) is 0 Å². The molecule has 0 aromatic carbocycles. The third kappa shape index (κ3) is 2.60. The van der Waals surface area contributed by atoms with E-state index in [0.717, 1.165) is 5.56 Å². The quantitative estimate of drug-likeness (QED) is 0.793. The van der Waals surface area contributed by atoms with Gasteiger partial charge in [0.25, 0.3) is 0 Å². The van der Waals surface area contributed by atoms with Crippen molar-refractivity contribution >= 4 is 10.0 Å². The van der Waals surface area contributed by atoms with Gasteiger partial charge < -0.3 is 5.11 Å². The molecular formula is C11H17N5O3S. The second-order valence-corrected chi connectivity index (χ2v) is 6.55. The van der Waals surface area contributed by atoms with Crippen LogP contribution >= 0.6 is 0 Å². The van der Waals surface area contributed by atoms with Crippen LogP contribution in [0, 0.1) is 6.92 Å². The number of nitrogens with one attached hydrogen (secondary N) is 1. The molecule has 0 radical (unpaired) electrons. The van der Waals surface area contributed by atoms with Gasteiger partial charge in [-0.25, -0.2) is 8.42 Å². The second-order valence-electron chi connectivity index (χ2n) is 4.57. The van der Waals surface area contributed by atoms with Crippen LogP contribution in [0.2, 0.25) is 0 Å². The fourth-order valence-corrected chi connectivity index (χ4v) is 3.44. The van der Waals surface area contributed by atoms with Gasteiger partial charge in [-0.3, -0.25) is 9.78 Å². The Balaban J connectivity index is 2.32. The van der Waals surface area contributed by atoms with Crippen LogP contribution in [0.15, 0.2) is 17.3 Å². The molecular weight excluding hydrogens is 282 g/mol. The Labute approximate surface area is 117 Å². The molecule has 0 spiro atoms. The van der Waals surface area contributed by atoms with Gasteiger partial charge in [0.15, 0.2) is 0 Å². The maximum atomic E-state index is 12.5. The number of hydrogen-bond acceptors (Lipinski definition) is 5. The Morgan fingerprint density at radius 3 is 2.75 bits per heavy atom. The molecule has 2 rings (SSSR count). The van der Waals surface area contributed by atoms with Crippen molar-refractivity contribution < 1.29 is 13.5 Å². The van der Waals surface area contributed by atoms with Crippen LogP contribution in [0.25, 0.3) is 0 Å². The Morgan fingerprint density at radius 1 is 1.50 bits per heavy atom. The molecule has 9 heteroatoms. The van der Waals surface area contributed by atoms with Crippen LogP contribution in [0.3, 0.4) is 0 Å². The molecule has 2 aromatic rings. The summed E-state index contributed by atoms with van der Waals surface area (Å²) in [7, 11) is -0.467. The second kappa shape index (κ2) is 5.35. The van der Waals surface area contributed by atoms with Crippen molar-refractivity contribution in [3.05, 3.63) is 29.3 Å². The van der Waals surface area contributed by atoms with E-state index in [4.69, 9.17) is 0 Å². The van der Waals surface area contributed by atoms with E-state index in [1.165, 1.54) is 11.4 Å². The van der Waals surface area contributed by atoms with Crippen molar-refractivity contribution in [2.45, 2.75) is 25.0 Å². The van der Waals surface area contributed by atoms with E-state index in [-0.39, 0.29) is 17.1 Å². The largest absolute Gasteiger partial charge is 0.390 e. The first-order chi connectivity index (χ1) is 9.36. The van der Waals surface area contributed by atoms with E-state index in [1.54, 1.807) is 31.0 Å². The molecule has 2 N–H and O–H groups in total. The molecule has 0 saturated carbocycles. The number of rotatable bonds is 5. The van der Waals surface area contributed by atoms with Crippen LogP contribution in [0.4, 0.5) is 0 Å². The van der Waals surface area contributed by atoms with Crippen molar-refractivity contribution in [2.24, 2.45) is 7.05 Å². The summed E-state index contributed by atoms with van der Waals surface area (Å²) < 4.78 is 27.9. The van der Waals surface area contributed by atoms with Crippen LogP contribution < -0.4 is 0 Å². The first-order valence-electron chi connectivity index (χ1n) is 5.94. The normalized spacial score (nSPS) is 12.2. The van der Waals surface area contributed by atoms with Crippen molar-refractivity contribution in [1.82, 2.24) is 24.3 Å². The van der Waals surface area contributed by atoms with E-state index >= 15 is 0 Å². The summed E-state index contributed by atoms with van der Waals surface area (Å²) in [6.45, 7) is 1.38. The lowest BCUT2D eigenvalue weighted by Gasteiger charge is -2.16. The highest BCUT2D eigenvalue weighted by molar-refractivity contribution is 7.89. The smallest absolute Gasteiger partial charge is 0.246 e. The monoisotopic (exact) mass is 299 g/mol. The van der Waals surface area contributed by atoms with Gasteiger partial charge in [-0.2, -0.15) is 14.5 Å². The summed E-state index contributed by atoms with van der Waals surface area (Å²) in [4.78, 5) is 0.0337. The van der Waals surface area contributed by atoms with Crippen molar-refractivity contribution in [3.63, 3.8) is 0 Å². The van der Waals surface area contributed by atoms with Gasteiger partial charge in [0.05, 0.1) is 18.5 Å². The zero-order valence-corrected chi connectivity index (χ0v) is 12.3. The number of H-pyrrole nitrogens is 1. The third-order valence-electron chi connectivity index (χ3n) is 2.94. The Bertz CT molecular complexity index is 703. The number of aliphatic hydroxyl groups is 1. The predicted molar refractivity (Wildman–Crippen MR) is 71.1 cm³/mol. The topological polar surface area (TPSA) is 104 Å². The molecule has 0 aliphatic carbocycles. The van der Waals surface area contributed by atoms with E-state index in [9.17, 15) is 13.5 Å². The molecule has 0 unspecified atom stereocenters. The highest BCUT2D eigenvalue weighted by Gasteiger charge is 2.28. The lowest BCUT2D eigenvalue weighted by molar-refractivity contribution is 0.273. The number of aromatic nitrogens is 4. The minimum absolute atomic E-state index is 0.0337. The van der Waals surface area contributed by atoms with Gasteiger partial charge >= 0.3 is 0 Å². The van der Waals surface area contributed by atoms with E-state index in [1.807, 2.05) is 0 Å². The average Bonchev–Trinajstić information content (AvgIpc) is 2.95. The molecule has 0 aliphatic heterocycles. The van der Waals surface area contributed by atoms with Gasteiger partial charge in [-0.1, -0.05) is 0 Å². The Morgan fingerprint density at radius 2 is 2.20 bits per heavy atom. The zero-order chi connectivity index (χ0) is 14.9. The molecule has 0 aliphatic rings. The number of nitrogens with zero attached hydrogens (tertiary/aromatic N) is 4. The molecule has 8 nitrogen and oxygen atoms in total. The average molecular weight is 299 g/mol. The molecule has 110 valence electrons. The predicted octanol–water partition coefficient (Wildman–Crippen LogP) is -0.235. The van der Waals surface area contributed by atoms with Gasteiger partial charge in [0.1, 0.15) is 10.6 Å². The Hall–Kier alpha value is -1.71. The molecule has 0 amide bonds. The van der Waals surface area contributed by atoms with E-state index in [2.05, 4.69) is 15.3 Å². The van der Waals surface area contributed by atoms with Crippen LogP contribution in [-0.4, -0.2) is 44.9 Å². The number of hydrogen-bond donors (Lipinski definition) is 2.